The summed E-state index contributed by atoms with van der Waals surface area (Å²) in [5, 5.41) is 0.866. The van der Waals surface area contributed by atoms with Crippen LogP contribution in [0.15, 0.2) is 46.1 Å². The second kappa shape index (κ2) is 4.00. The van der Waals surface area contributed by atoms with E-state index in [1.54, 1.807) is 0 Å². The van der Waals surface area contributed by atoms with Crippen molar-refractivity contribution < 1.29 is 13.2 Å². The van der Waals surface area contributed by atoms with Gasteiger partial charge in [-0.2, -0.15) is 4.99 Å². The molecule has 0 spiro atoms. The lowest BCUT2D eigenvalue weighted by Gasteiger charge is -1.97. The normalized spacial score (nSPS) is 10.3. The molecule has 0 atom stereocenters. The average Bonchev–Trinajstić information content (AvgIpc) is 2.19. The molecular weight excluding hydrogens is 202 g/mol. The second-order valence-corrected chi connectivity index (χ2v) is 4.30. The van der Waals surface area contributed by atoms with Crippen molar-refractivity contribution in [1.82, 2.24) is 0 Å². The van der Waals surface area contributed by atoms with Gasteiger partial charge in [0.25, 0.3) is 0 Å². The number of carbonyl (C=O) groups excluding carboxylic acids is 1. The maximum atomic E-state index is 11.2. The fourth-order valence-electron chi connectivity index (χ4n) is 0.859. The van der Waals surface area contributed by atoms with E-state index in [-0.39, 0.29) is 4.90 Å². The van der Waals surface area contributed by atoms with Crippen LogP contribution in [0.4, 0.5) is 5.69 Å². The molecule has 5 heteroatoms. The van der Waals surface area contributed by atoms with E-state index in [0.29, 0.717) is 5.69 Å². The minimum Gasteiger partial charge on any atom is -0.219 e. The van der Waals surface area contributed by atoms with E-state index in [0.717, 1.165) is 5.41 Å². The van der Waals surface area contributed by atoms with Gasteiger partial charge in [0, 0.05) is 5.41 Å². The van der Waals surface area contributed by atoms with Crippen LogP contribution in [0.5, 0.6) is 0 Å². The predicted molar refractivity (Wildman–Crippen MR) is 51.6 cm³/mol. The number of hydrogen-bond acceptors (Lipinski definition) is 4. The van der Waals surface area contributed by atoms with Crippen molar-refractivity contribution in [3.05, 3.63) is 36.3 Å². The molecule has 72 valence electrons. The molecule has 0 saturated heterocycles. The van der Waals surface area contributed by atoms with Crippen LogP contribution in [-0.2, 0) is 14.6 Å². The van der Waals surface area contributed by atoms with E-state index in [2.05, 4.69) is 11.6 Å². The Hall–Kier alpha value is -1.71. The number of benzene rings is 1. The summed E-state index contributed by atoms with van der Waals surface area (Å²) in [5.74, 6) is 0. The van der Waals surface area contributed by atoms with E-state index in [1.165, 1.54) is 30.3 Å². The third kappa shape index (κ3) is 2.16. The fourth-order valence-corrected chi connectivity index (χ4v) is 1.57. The number of isocyanates is 1. The van der Waals surface area contributed by atoms with E-state index in [4.69, 9.17) is 0 Å². The molecular formula is C9H7NO3S. The molecule has 0 aliphatic carbocycles. The maximum Gasteiger partial charge on any atom is 0.240 e. The topological polar surface area (TPSA) is 63.6 Å². The molecule has 0 unspecified atom stereocenters. The molecule has 0 N–H and O–H groups in total. The van der Waals surface area contributed by atoms with Gasteiger partial charge in [0.15, 0.2) is 9.84 Å². The summed E-state index contributed by atoms with van der Waals surface area (Å²) in [6.07, 6.45) is 1.36. The van der Waals surface area contributed by atoms with Gasteiger partial charge in [0.05, 0.1) is 10.6 Å². The Bertz CT molecular complexity index is 481. The maximum absolute atomic E-state index is 11.2. The molecule has 14 heavy (non-hydrogen) atoms. The average molecular weight is 209 g/mol. The Balaban J connectivity index is 3.18. The van der Waals surface area contributed by atoms with Crippen LogP contribution in [0.25, 0.3) is 0 Å². The zero-order valence-electron chi connectivity index (χ0n) is 7.17. The Morgan fingerprint density at radius 2 is 1.86 bits per heavy atom. The largest absolute Gasteiger partial charge is 0.240 e. The summed E-state index contributed by atoms with van der Waals surface area (Å²) in [6, 6.07) is 5.54. The SMILES string of the molecule is C=CS(=O)(=O)c1ccc(N=C=O)cc1. The van der Waals surface area contributed by atoms with Crippen LogP contribution in [0.3, 0.4) is 0 Å². The summed E-state index contributed by atoms with van der Waals surface area (Å²) in [5.41, 5.74) is 0.364. The van der Waals surface area contributed by atoms with Crippen LogP contribution in [-0.4, -0.2) is 14.5 Å². The van der Waals surface area contributed by atoms with Crippen LogP contribution < -0.4 is 0 Å². The van der Waals surface area contributed by atoms with Crippen molar-refractivity contribution in [2.24, 2.45) is 4.99 Å². The third-order valence-electron chi connectivity index (χ3n) is 1.56. The van der Waals surface area contributed by atoms with E-state index in [1.807, 2.05) is 0 Å². The zero-order valence-corrected chi connectivity index (χ0v) is 7.99. The number of hydrogen-bond donors (Lipinski definition) is 0. The molecule has 0 aromatic heterocycles. The van der Waals surface area contributed by atoms with Gasteiger partial charge in [-0.05, 0) is 24.3 Å². The van der Waals surface area contributed by atoms with Crippen LogP contribution in [0.1, 0.15) is 0 Å². The molecule has 0 aliphatic rings. The minimum absolute atomic E-state index is 0.123. The first-order valence-corrected chi connectivity index (χ1v) is 5.20. The van der Waals surface area contributed by atoms with Gasteiger partial charge < -0.3 is 0 Å². The highest BCUT2D eigenvalue weighted by atomic mass is 32.2. The molecule has 1 aromatic carbocycles. The molecule has 0 bridgehead atoms. The lowest BCUT2D eigenvalue weighted by Crippen LogP contribution is -1.94. The van der Waals surface area contributed by atoms with Crippen molar-refractivity contribution in [2.45, 2.75) is 4.90 Å². The lowest BCUT2D eigenvalue weighted by molar-refractivity contribution is 0.565. The van der Waals surface area contributed by atoms with E-state index < -0.39 is 9.84 Å². The van der Waals surface area contributed by atoms with Crippen molar-refractivity contribution in [3.63, 3.8) is 0 Å². The van der Waals surface area contributed by atoms with Gasteiger partial charge in [0.2, 0.25) is 6.08 Å². The number of nitrogens with zero attached hydrogens (tertiary/aromatic N) is 1. The van der Waals surface area contributed by atoms with E-state index >= 15 is 0 Å². The molecule has 0 fully saturated rings. The zero-order chi connectivity index (χ0) is 10.6. The lowest BCUT2D eigenvalue weighted by atomic mass is 10.3. The summed E-state index contributed by atoms with van der Waals surface area (Å²) in [7, 11) is -3.41. The van der Waals surface area contributed by atoms with Crippen molar-refractivity contribution in [3.8, 4) is 0 Å². The fraction of sp³-hybridized carbons (Fsp3) is 0. The number of aliphatic imine (C=N–C) groups is 1. The van der Waals surface area contributed by atoms with Crippen molar-refractivity contribution >= 4 is 21.6 Å². The minimum atomic E-state index is -3.41. The molecule has 0 aliphatic heterocycles. The van der Waals surface area contributed by atoms with Gasteiger partial charge in [-0.1, -0.05) is 6.58 Å². The Kier molecular flexibility index (Phi) is 2.96. The van der Waals surface area contributed by atoms with Crippen molar-refractivity contribution in [1.29, 1.82) is 0 Å². The highest BCUT2D eigenvalue weighted by Gasteiger charge is 2.07. The van der Waals surface area contributed by atoms with Gasteiger partial charge in [-0.15, -0.1) is 0 Å². The standard InChI is InChI=1S/C9H7NO3S/c1-2-14(12,13)9-5-3-8(4-6-9)10-7-11/h2-6H,1H2. The summed E-state index contributed by atoms with van der Waals surface area (Å²) < 4.78 is 22.5. The summed E-state index contributed by atoms with van der Waals surface area (Å²) >= 11 is 0. The Morgan fingerprint density at radius 1 is 1.29 bits per heavy atom. The molecule has 0 amide bonds. The number of sulfone groups is 1. The quantitative estimate of drug-likeness (QED) is 0.560. The van der Waals surface area contributed by atoms with Crippen molar-refractivity contribution in [2.75, 3.05) is 0 Å². The second-order valence-electron chi connectivity index (χ2n) is 2.41. The smallest absolute Gasteiger partial charge is 0.219 e. The molecule has 1 rings (SSSR count). The highest BCUT2D eigenvalue weighted by molar-refractivity contribution is 7.94. The van der Waals surface area contributed by atoms with Gasteiger partial charge >= 0.3 is 0 Å². The highest BCUT2D eigenvalue weighted by Crippen LogP contribution is 2.17. The van der Waals surface area contributed by atoms with E-state index in [9.17, 15) is 13.2 Å². The van der Waals surface area contributed by atoms with Crippen LogP contribution >= 0.6 is 0 Å². The summed E-state index contributed by atoms with van der Waals surface area (Å²) in [4.78, 5) is 13.3. The predicted octanol–water partition coefficient (Wildman–Crippen LogP) is 1.57. The number of rotatable bonds is 3. The van der Waals surface area contributed by atoms with Gasteiger partial charge in [0.1, 0.15) is 0 Å². The Morgan fingerprint density at radius 3 is 2.29 bits per heavy atom. The van der Waals surface area contributed by atoms with Gasteiger partial charge in [-0.25, -0.2) is 13.2 Å². The first-order chi connectivity index (χ1) is 6.60. The first kappa shape index (κ1) is 10.4. The first-order valence-electron chi connectivity index (χ1n) is 3.65. The Labute approximate surface area is 81.5 Å². The molecule has 0 heterocycles. The molecule has 0 saturated carbocycles. The van der Waals surface area contributed by atoms with Crippen LogP contribution in [0, 0.1) is 0 Å². The summed E-state index contributed by atoms with van der Waals surface area (Å²) in [6.45, 7) is 3.19. The molecule has 4 nitrogen and oxygen atoms in total. The van der Waals surface area contributed by atoms with Crippen LogP contribution in [0.2, 0.25) is 0 Å². The monoisotopic (exact) mass is 209 g/mol. The molecule has 1 aromatic rings. The third-order valence-corrected chi connectivity index (χ3v) is 2.93. The van der Waals surface area contributed by atoms with Gasteiger partial charge in [-0.3, -0.25) is 0 Å². The molecule has 0 radical (unpaired) electrons.